The quantitative estimate of drug-likeness (QED) is 0.875. The number of piperidine rings is 1. The Morgan fingerprint density at radius 3 is 2.90 bits per heavy atom. The number of carbonyl (C=O) groups is 1. The van der Waals surface area contributed by atoms with Crippen molar-refractivity contribution in [3.05, 3.63) is 17.5 Å². The molecule has 0 radical (unpaired) electrons. The van der Waals surface area contributed by atoms with Crippen molar-refractivity contribution in [2.24, 2.45) is 13.0 Å². The molecule has 1 aliphatic heterocycles. The van der Waals surface area contributed by atoms with Crippen molar-refractivity contribution < 1.29 is 4.79 Å². The highest BCUT2D eigenvalue weighted by molar-refractivity contribution is 5.92. The Bertz CT molecular complexity index is 453. The lowest BCUT2D eigenvalue weighted by Gasteiger charge is -2.22. The monoisotopic (exact) mass is 314 g/mol. The van der Waals surface area contributed by atoms with Crippen LogP contribution >= 0.6 is 12.4 Å². The minimum Gasteiger partial charge on any atom is -0.351 e. The number of amides is 1. The predicted octanol–water partition coefficient (Wildman–Crippen LogP) is 2.08. The van der Waals surface area contributed by atoms with E-state index in [0.717, 1.165) is 31.7 Å². The molecular formula is C15H27ClN4O. The van der Waals surface area contributed by atoms with Crippen molar-refractivity contribution in [3.63, 3.8) is 0 Å². The zero-order valence-corrected chi connectivity index (χ0v) is 14.0. The number of hydrogen-bond donors (Lipinski definition) is 2. The second-order valence-corrected chi connectivity index (χ2v) is 5.99. The van der Waals surface area contributed by atoms with Crippen LogP contribution in [0.2, 0.25) is 0 Å². The summed E-state index contributed by atoms with van der Waals surface area (Å²) in [5, 5.41) is 10.7. The van der Waals surface area contributed by atoms with E-state index < -0.39 is 0 Å². The minimum absolute atomic E-state index is 0. The molecule has 5 nitrogen and oxygen atoms in total. The number of nitrogens with zero attached hydrogens (tertiary/aromatic N) is 2. The molecule has 1 saturated heterocycles. The first kappa shape index (κ1) is 18.0. The van der Waals surface area contributed by atoms with Crippen LogP contribution in [0.5, 0.6) is 0 Å². The maximum absolute atomic E-state index is 12.1. The maximum atomic E-state index is 12.1. The molecule has 1 unspecified atom stereocenters. The Balaban J connectivity index is 0.00000220. The Labute approximate surface area is 133 Å². The normalized spacial score (nSPS) is 18.4. The van der Waals surface area contributed by atoms with E-state index in [2.05, 4.69) is 29.6 Å². The molecule has 0 aromatic carbocycles. The van der Waals surface area contributed by atoms with Crippen LogP contribution in [0.1, 0.15) is 55.2 Å². The molecule has 1 aliphatic rings. The van der Waals surface area contributed by atoms with Crippen molar-refractivity contribution in [3.8, 4) is 0 Å². The van der Waals surface area contributed by atoms with Crippen molar-refractivity contribution >= 4 is 18.3 Å². The average molecular weight is 315 g/mol. The average Bonchev–Trinajstić information content (AvgIpc) is 2.82. The van der Waals surface area contributed by atoms with E-state index in [0.29, 0.717) is 17.5 Å². The van der Waals surface area contributed by atoms with Crippen LogP contribution in [0.3, 0.4) is 0 Å². The number of aryl methyl sites for hydroxylation is 1. The molecule has 120 valence electrons. The molecule has 0 bridgehead atoms. The van der Waals surface area contributed by atoms with E-state index in [1.807, 2.05) is 13.1 Å². The van der Waals surface area contributed by atoms with Crippen LogP contribution < -0.4 is 10.6 Å². The third-order valence-electron chi connectivity index (χ3n) is 3.98. The molecule has 0 spiro atoms. The Morgan fingerprint density at radius 2 is 2.33 bits per heavy atom. The van der Waals surface area contributed by atoms with Crippen LogP contribution in [0.15, 0.2) is 6.07 Å². The van der Waals surface area contributed by atoms with Crippen LogP contribution in [0, 0.1) is 5.92 Å². The fourth-order valence-corrected chi connectivity index (χ4v) is 2.78. The predicted molar refractivity (Wildman–Crippen MR) is 87.1 cm³/mol. The Morgan fingerprint density at radius 1 is 1.57 bits per heavy atom. The van der Waals surface area contributed by atoms with Gasteiger partial charge in [-0.05, 0) is 50.3 Å². The van der Waals surface area contributed by atoms with Gasteiger partial charge in [0.2, 0.25) is 0 Å². The van der Waals surface area contributed by atoms with E-state index in [1.54, 1.807) is 4.68 Å². The van der Waals surface area contributed by atoms with E-state index in [1.165, 1.54) is 12.8 Å². The van der Waals surface area contributed by atoms with Crippen LogP contribution in [0.25, 0.3) is 0 Å². The van der Waals surface area contributed by atoms with Gasteiger partial charge in [-0.3, -0.25) is 9.48 Å². The zero-order chi connectivity index (χ0) is 14.5. The lowest BCUT2D eigenvalue weighted by atomic mass is 9.96. The van der Waals surface area contributed by atoms with Gasteiger partial charge < -0.3 is 10.6 Å². The SMILES string of the molecule is CC(C)c1cc(C(=O)NCCC2CCCNC2)nn1C.Cl. The first-order valence-electron chi connectivity index (χ1n) is 7.60. The molecule has 1 fully saturated rings. The molecule has 1 aromatic heterocycles. The van der Waals surface area contributed by atoms with E-state index in [-0.39, 0.29) is 18.3 Å². The minimum atomic E-state index is -0.0590. The summed E-state index contributed by atoms with van der Waals surface area (Å²) in [6.45, 7) is 7.16. The van der Waals surface area contributed by atoms with Gasteiger partial charge in [-0.15, -0.1) is 12.4 Å². The van der Waals surface area contributed by atoms with Gasteiger partial charge >= 0.3 is 0 Å². The molecular weight excluding hydrogens is 288 g/mol. The highest BCUT2D eigenvalue weighted by Gasteiger charge is 2.16. The molecule has 21 heavy (non-hydrogen) atoms. The fraction of sp³-hybridized carbons (Fsp3) is 0.733. The summed E-state index contributed by atoms with van der Waals surface area (Å²) >= 11 is 0. The van der Waals surface area contributed by atoms with E-state index in [9.17, 15) is 4.79 Å². The second kappa shape index (κ2) is 8.39. The summed E-state index contributed by atoms with van der Waals surface area (Å²) in [6.07, 6.45) is 3.56. The third kappa shape index (κ3) is 5.00. The van der Waals surface area contributed by atoms with Gasteiger partial charge in [0.15, 0.2) is 0 Å². The topological polar surface area (TPSA) is 59.0 Å². The zero-order valence-electron chi connectivity index (χ0n) is 13.2. The maximum Gasteiger partial charge on any atom is 0.271 e. The lowest BCUT2D eigenvalue weighted by molar-refractivity contribution is 0.0945. The summed E-state index contributed by atoms with van der Waals surface area (Å²) in [5.41, 5.74) is 1.62. The van der Waals surface area contributed by atoms with Gasteiger partial charge in [0.1, 0.15) is 5.69 Å². The molecule has 1 amide bonds. The first-order valence-corrected chi connectivity index (χ1v) is 7.60. The number of hydrogen-bond acceptors (Lipinski definition) is 3. The van der Waals surface area contributed by atoms with Gasteiger partial charge in [0.05, 0.1) is 0 Å². The van der Waals surface area contributed by atoms with Gasteiger partial charge in [-0.2, -0.15) is 5.10 Å². The standard InChI is InChI=1S/C15H26N4O.ClH/c1-11(2)14-9-13(18-19(14)3)15(20)17-8-6-12-5-4-7-16-10-12;/h9,11-12,16H,4-8,10H2,1-3H3,(H,17,20);1H. The first-order chi connectivity index (χ1) is 9.58. The smallest absolute Gasteiger partial charge is 0.271 e. The molecule has 2 N–H and O–H groups in total. The fourth-order valence-electron chi connectivity index (χ4n) is 2.78. The van der Waals surface area contributed by atoms with Crippen LogP contribution in [-0.4, -0.2) is 35.3 Å². The number of rotatable bonds is 5. The molecule has 2 rings (SSSR count). The lowest BCUT2D eigenvalue weighted by Crippen LogP contribution is -2.33. The van der Waals surface area contributed by atoms with Gasteiger partial charge in [0.25, 0.3) is 5.91 Å². The van der Waals surface area contributed by atoms with Crippen molar-refractivity contribution in [2.75, 3.05) is 19.6 Å². The summed E-state index contributed by atoms with van der Waals surface area (Å²) < 4.78 is 1.80. The summed E-state index contributed by atoms with van der Waals surface area (Å²) in [6, 6.07) is 1.89. The number of aromatic nitrogens is 2. The second-order valence-electron chi connectivity index (χ2n) is 5.99. The largest absolute Gasteiger partial charge is 0.351 e. The van der Waals surface area contributed by atoms with Gasteiger partial charge in [-0.1, -0.05) is 13.8 Å². The van der Waals surface area contributed by atoms with Crippen LogP contribution in [-0.2, 0) is 7.05 Å². The molecule has 6 heteroatoms. The van der Waals surface area contributed by atoms with Crippen LogP contribution in [0.4, 0.5) is 0 Å². The summed E-state index contributed by atoms with van der Waals surface area (Å²) in [5.74, 6) is 1.01. The third-order valence-corrected chi connectivity index (χ3v) is 3.98. The van der Waals surface area contributed by atoms with Crippen molar-refractivity contribution in [2.45, 2.75) is 39.0 Å². The Kier molecular flexibility index (Phi) is 7.18. The van der Waals surface area contributed by atoms with Crippen molar-refractivity contribution in [1.29, 1.82) is 0 Å². The van der Waals surface area contributed by atoms with E-state index in [4.69, 9.17) is 0 Å². The highest BCUT2D eigenvalue weighted by Crippen LogP contribution is 2.15. The Hall–Kier alpha value is -1.07. The van der Waals surface area contributed by atoms with Gasteiger partial charge in [0, 0.05) is 19.3 Å². The summed E-state index contributed by atoms with van der Waals surface area (Å²) in [4.78, 5) is 12.1. The number of carbonyl (C=O) groups excluding carboxylic acids is 1. The molecule has 2 heterocycles. The molecule has 1 atom stereocenters. The van der Waals surface area contributed by atoms with E-state index >= 15 is 0 Å². The van der Waals surface area contributed by atoms with Crippen molar-refractivity contribution in [1.82, 2.24) is 20.4 Å². The number of halogens is 1. The summed E-state index contributed by atoms with van der Waals surface area (Å²) in [7, 11) is 1.89. The van der Waals surface area contributed by atoms with Gasteiger partial charge in [-0.25, -0.2) is 0 Å². The highest BCUT2D eigenvalue weighted by atomic mass is 35.5. The number of nitrogens with one attached hydrogen (secondary N) is 2. The molecule has 1 aromatic rings. The molecule has 0 saturated carbocycles. The molecule has 0 aliphatic carbocycles.